The van der Waals surface area contributed by atoms with Gasteiger partial charge in [0.1, 0.15) is 12.6 Å². The number of aryl methyl sites for hydroxylation is 3. The average molecular weight is 514 g/mol. The predicted octanol–water partition coefficient (Wildman–Crippen LogP) is 4.24. The van der Waals surface area contributed by atoms with Crippen molar-refractivity contribution in [3.63, 3.8) is 0 Å². The van der Waals surface area contributed by atoms with Crippen LogP contribution in [0, 0.1) is 20.8 Å². The Morgan fingerprint density at radius 2 is 1.58 bits per heavy atom. The number of amides is 2. The molecule has 0 spiro atoms. The molecule has 0 aromatic heterocycles. The van der Waals surface area contributed by atoms with Crippen LogP contribution in [0.2, 0.25) is 0 Å². The second-order valence-electron chi connectivity index (χ2n) is 10.1. The van der Waals surface area contributed by atoms with Gasteiger partial charge in [0, 0.05) is 12.6 Å². The number of anilines is 1. The molecule has 36 heavy (non-hydrogen) atoms. The lowest BCUT2D eigenvalue weighted by Crippen LogP contribution is -2.53. The van der Waals surface area contributed by atoms with Crippen molar-refractivity contribution >= 4 is 27.5 Å². The highest BCUT2D eigenvalue weighted by atomic mass is 32.2. The molecule has 1 fully saturated rings. The maximum absolute atomic E-state index is 13.7. The molecule has 1 aliphatic carbocycles. The smallest absolute Gasteiger partial charge is 0.244 e. The van der Waals surface area contributed by atoms with Crippen molar-refractivity contribution in [3.05, 3.63) is 64.7 Å². The first kappa shape index (κ1) is 27.7. The van der Waals surface area contributed by atoms with Gasteiger partial charge in [-0.05, 0) is 63.3 Å². The quantitative estimate of drug-likeness (QED) is 0.543. The number of carbonyl (C=O) groups excluding carboxylic acids is 2. The average Bonchev–Trinajstić information content (AvgIpc) is 2.83. The molecule has 0 bridgehead atoms. The molecule has 1 N–H and O–H groups in total. The van der Waals surface area contributed by atoms with Gasteiger partial charge in [0.15, 0.2) is 0 Å². The van der Waals surface area contributed by atoms with Crippen LogP contribution in [-0.4, -0.2) is 50.0 Å². The minimum atomic E-state index is -3.75. The minimum absolute atomic E-state index is 0.118. The topological polar surface area (TPSA) is 86.8 Å². The van der Waals surface area contributed by atoms with Crippen LogP contribution in [0.3, 0.4) is 0 Å². The molecular formula is C28H39N3O4S. The third-order valence-electron chi connectivity index (χ3n) is 6.90. The Kier molecular flexibility index (Phi) is 9.17. The van der Waals surface area contributed by atoms with Crippen LogP contribution in [0.4, 0.5) is 5.69 Å². The molecule has 1 saturated carbocycles. The second-order valence-corrected chi connectivity index (χ2v) is 12.0. The number of hydrogen-bond acceptors (Lipinski definition) is 4. The molecule has 8 heteroatoms. The summed E-state index contributed by atoms with van der Waals surface area (Å²) in [6.45, 7) is 7.24. The van der Waals surface area contributed by atoms with Gasteiger partial charge in [-0.3, -0.25) is 13.9 Å². The number of nitrogens with zero attached hydrogens (tertiary/aromatic N) is 2. The second kappa shape index (κ2) is 11.9. The van der Waals surface area contributed by atoms with Crippen LogP contribution in [0.5, 0.6) is 0 Å². The van der Waals surface area contributed by atoms with Gasteiger partial charge < -0.3 is 10.2 Å². The molecule has 2 aromatic carbocycles. The van der Waals surface area contributed by atoms with Crippen molar-refractivity contribution in [3.8, 4) is 0 Å². The molecule has 1 atom stereocenters. The number of benzene rings is 2. The van der Waals surface area contributed by atoms with E-state index < -0.39 is 22.0 Å². The Hall–Kier alpha value is -2.87. The van der Waals surface area contributed by atoms with Crippen LogP contribution < -0.4 is 9.62 Å². The lowest BCUT2D eigenvalue weighted by molar-refractivity contribution is -0.139. The molecule has 7 nitrogen and oxygen atoms in total. The third-order valence-corrected chi connectivity index (χ3v) is 8.03. The first-order valence-electron chi connectivity index (χ1n) is 12.7. The van der Waals surface area contributed by atoms with Gasteiger partial charge >= 0.3 is 0 Å². The molecule has 2 amide bonds. The maximum atomic E-state index is 13.7. The van der Waals surface area contributed by atoms with E-state index in [-0.39, 0.29) is 25.0 Å². The molecule has 1 unspecified atom stereocenters. The fourth-order valence-corrected chi connectivity index (χ4v) is 5.52. The molecule has 1 aliphatic rings. The van der Waals surface area contributed by atoms with E-state index in [1.165, 1.54) is 11.3 Å². The van der Waals surface area contributed by atoms with E-state index in [9.17, 15) is 18.0 Å². The molecule has 3 rings (SSSR count). The van der Waals surface area contributed by atoms with Gasteiger partial charge in [-0.25, -0.2) is 8.42 Å². The first-order valence-corrected chi connectivity index (χ1v) is 14.5. The number of rotatable bonds is 9. The van der Waals surface area contributed by atoms with Crippen molar-refractivity contribution in [1.82, 2.24) is 10.2 Å². The number of hydrogen-bond donors (Lipinski definition) is 1. The van der Waals surface area contributed by atoms with Crippen molar-refractivity contribution in [2.24, 2.45) is 0 Å². The van der Waals surface area contributed by atoms with Crippen LogP contribution in [-0.2, 0) is 26.2 Å². The van der Waals surface area contributed by atoms with E-state index in [1.54, 1.807) is 13.0 Å². The van der Waals surface area contributed by atoms with E-state index in [1.807, 2.05) is 57.2 Å². The van der Waals surface area contributed by atoms with Crippen LogP contribution in [0.15, 0.2) is 42.5 Å². The zero-order valence-corrected chi connectivity index (χ0v) is 22.9. The highest BCUT2D eigenvalue weighted by Crippen LogP contribution is 2.25. The molecular weight excluding hydrogens is 474 g/mol. The molecule has 2 aromatic rings. The number of nitrogens with one attached hydrogen (secondary N) is 1. The van der Waals surface area contributed by atoms with Gasteiger partial charge in [-0.15, -0.1) is 0 Å². The van der Waals surface area contributed by atoms with E-state index in [4.69, 9.17) is 0 Å². The Labute approximate surface area is 215 Å². The zero-order chi connectivity index (χ0) is 26.5. The van der Waals surface area contributed by atoms with Gasteiger partial charge in [0.05, 0.1) is 11.9 Å². The zero-order valence-electron chi connectivity index (χ0n) is 22.1. The monoisotopic (exact) mass is 513 g/mol. The Bertz CT molecular complexity index is 1170. The molecule has 196 valence electrons. The van der Waals surface area contributed by atoms with E-state index >= 15 is 0 Å². The first-order chi connectivity index (χ1) is 17.0. The van der Waals surface area contributed by atoms with Crippen LogP contribution in [0.1, 0.15) is 61.3 Å². The molecule has 0 heterocycles. The molecule has 0 saturated heterocycles. The molecule has 0 aliphatic heterocycles. The van der Waals surface area contributed by atoms with Crippen LogP contribution >= 0.6 is 0 Å². The summed E-state index contributed by atoms with van der Waals surface area (Å²) in [7, 11) is -3.75. The van der Waals surface area contributed by atoms with E-state index in [2.05, 4.69) is 5.32 Å². The third kappa shape index (κ3) is 7.32. The summed E-state index contributed by atoms with van der Waals surface area (Å²) in [5.41, 5.74) is 4.10. The predicted molar refractivity (Wildman–Crippen MR) is 144 cm³/mol. The van der Waals surface area contributed by atoms with Gasteiger partial charge in [0.25, 0.3) is 0 Å². The summed E-state index contributed by atoms with van der Waals surface area (Å²) < 4.78 is 26.7. The fraction of sp³-hybridized carbons (Fsp3) is 0.500. The summed E-state index contributed by atoms with van der Waals surface area (Å²) in [5, 5.41) is 3.12. The van der Waals surface area contributed by atoms with E-state index in [0.29, 0.717) is 5.69 Å². The summed E-state index contributed by atoms with van der Waals surface area (Å²) in [6.07, 6.45) is 6.35. The summed E-state index contributed by atoms with van der Waals surface area (Å²) in [5.74, 6) is -0.631. The fourth-order valence-electron chi connectivity index (χ4n) is 4.62. The Morgan fingerprint density at radius 3 is 2.19 bits per heavy atom. The SMILES string of the molecule is Cc1ccc(CN(C(=O)CN(c2cc(C)ccc2C)S(C)(=O)=O)C(C)C(=O)NC2CCCCC2)cc1. The normalized spacial score (nSPS) is 15.2. The number of carbonyl (C=O) groups is 2. The summed E-state index contributed by atoms with van der Waals surface area (Å²) >= 11 is 0. The Balaban J connectivity index is 1.89. The van der Waals surface area contributed by atoms with Gasteiger partial charge in [-0.2, -0.15) is 0 Å². The summed E-state index contributed by atoms with van der Waals surface area (Å²) in [4.78, 5) is 28.4. The highest BCUT2D eigenvalue weighted by Gasteiger charge is 2.31. The van der Waals surface area contributed by atoms with Gasteiger partial charge in [0.2, 0.25) is 21.8 Å². The summed E-state index contributed by atoms with van der Waals surface area (Å²) in [6, 6.07) is 12.7. The van der Waals surface area contributed by atoms with E-state index in [0.717, 1.165) is 58.5 Å². The van der Waals surface area contributed by atoms with Crippen LogP contribution in [0.25, 0.3) is 0 Å². The lowest BCUT2D eigenvalue weighted by Gasteiger charge is -2.33. The largest absolute Gasteiger partial charge is 0.352 e. The Morgan fingerprint density at radius 1 is 0.972 bits per heavy atom. The highest BCUT2D eigenvalue weighted by molar-refractivity contribution is 7.92. The van der Waals surface area contributed by atoms with Crippen molar-refractivity contribution in [2.75, 3.05) is 17.1 Å². The maximum Gasteiger partial charge on any atom is 0.244 e. The standard InChI is InChI=1S/C28H39N3O4S/c1-20-12-15-24(16-13-20)18-30(23(4)28(33)29-25-9-7-6-8-10-25)27(32)19-31(36(5,34)35)26-17-21(2)11-14-22(26)3/h11-17,23,25H,6-10,18-19H2,1-5H3,(H,29,33). The minimum Gasteiger partial charge on any atom is -0.352 e. The molecule has 0 radical (unpaired) electrons. The van der Waals surface area contributed by atoms with Gasteiger partial charge in [-0.1, -0.05) is 61.2 Å². The van der Waals surface area contributed by atoms with Crippen molar-refractivity contribution < 1.29 is 18.0 Å². The van der Waals surface area contributed by atoms with Crippen molar-refractivity contribution in [2.45, 2.75) is 78.4 Å². The van der Waals surface area contributed by atoms with Crippen molar-refractivity contribution in [1.29, 1.82) is 0 Å². The number of sulfonamides is 1. The lowest BCUT2D eigenvalue weighted by atomic mass is 9.95.